The van der Waals surface area contributed by atoms with Gasteiger partial charge in [0.2, 0.25) is 11.8 Å². The highest BCUT2D eigenvalue weighted by Crippen LogP contribution is 2.39. The predicted molar refractivity (Wildman–Crippen MR) is 119 cm³/mol. The van der Waals surface area contributed by atoms with E-state index in [1.165, 1.54) is 0 Å². The molecule has 4 rings (SSSR count). The number of nitrogens with one attached hydrogen (secondary N) is 1. The summed E-state index contributed by atoms with van der Waals surface area (Å²) in [6.45, 7) is 2.34. The van der Waals surface area contributed by atoms with Crippen LogP contribution in [0.2, 0.25) is 0 Å². The van der Waals surface area contributed by atoms with Gasteiger partial charge in [0.05, 0.1) is 14.2 Å². The number of urea groups is 1. The van der Waals surface area contributed by atoms with E-state index in [1.54, 1.807) is 20.3 Å². The average Bonchev–Trinajstić information content (AvgIpc) is 2.77. The summed E-state index contributed by atoms with van der Waals surface area (Å²) in [6, 6.07) is 10.8. The third-order valence-electron chi connectivity index (χ3n) is 6.27. The highest BCUT2D eigenvalue weighted by atomic mass is 16.5. The van der Waals surface area contributed by atoms with E-state index in [-0.39, 0.29) is 19.5 Å². The second-order valence-corrected chi connectivity index (χ2v) is 8.40. The first-order chi connectivity index (χ1) is 15.3. The zero-order valence-electron chi connectivity index (χ0n) is 18.7. The van der Waals surface area contributed by atoms with Crippen molar-refractivity contribution in [2.24, 2.45) is 5.41 Å². The molecule has 1 saturated heterocycles. The van der Waals surface area contributed by atoms with Gasteiger partial charge in [-0.25, -0.2) is 4.79 Å². The van der Waals surface area contributed by atoms with Gasteiger partial charge in [0.25, 0.3) is 0 Å². The van der Waals surface area contributed by atoms with Crippen LogP contribution in [0.3, 0.4) is 0 Å². The second kappa shape index (κ2) is 8.18. The van der Waals surface area contributed by atoms with Crippen LogP contribution in [-0.4, -0.2) is 57.1 Å². The fourth-order valence-corrected chi connectivity index (χ4v) is 4.61. The summed E-state index contributed by atoms with van der Waals surface area (Å²) in [5.74, 6) is 0.193. The Morgan fingerprint density at radius 2 is 1.78 bits per heavy atom. The molecule has 0 bridgehead atoms. The van der Waals surface area contributed by atoms with Crippen LogP contribution in [0.1, 0.15) is 16.7 Å². The molecule has 0 radical (unpaired) electrons. The number of nitrogens with zero attached hydrogens (tertiary/aromatic N) is 2. The lowest BCUT2D eigenvalue weighted by Gasteiger charge is -2.45. The fraction of sp³-hybridized carbons (Fsp3) is 0.375. The van der Waals surface area contributed by atoms with Gasteiger partial charge in [-0.3, -0.25) is 19.8 Å². The normalized spacial score (nSPS) is 20.3. The minimum Gasteiger partial charge on any atom is -0.493 e. The van der Waals surface area contributed by atoms with Crippen LogP contribution in [0, 0.1) is 12.3 Å². The van der Waals surface area contributed by atoms with E-state index in [0.717, 1.165) is 27.3 Å². The molecule has 8 heteroatoms. The monoisotopic (exact) mass is 437 g/mol. The summed E-state index contributed by atoms with van der Waals surface area (Å²) < 4.78 is 10.6. The van der Waals surface area contributed by atoms with Crippen molar-refractivity contribution in [3.63, 3.8) is 0 Å². The zero-order valence-corrected chi connectivity index (χ0v) is 18.7. The summed E-state index contributed by atoms with van der Waals surface area (Å²) in [5.41, 5.74) is 2.53. The third kappa shape index (κ3) is 3.55. The van der Waals surface area contributed by atoms with Crippen molar-refractivity contribution in [2.45, 2.75) is 19.8 Å². The molecule has 1 atom stereocenters. The summed E-state index contributed by atoms with van der Waals surface area (Å²) in [7, 11) is 4.98. The summed E-state index contributed by atoms with van der Waals surface area (Å²) in [6.07, 6.45) is 0.689. The first-order valence-electron chi connectivity index (χ1n) is 10.5. The topological polar surface area (TPSA) is 88.2 Å². The molecule has 0 aliphatic carbocycles. The van der Waals surface area contributed by atoms with E-state index in [1.807, 2.05) is 49.2 Å². The molecule has 168 valence electrons. The number of imide groups is 2. The predicted octanol–water partition coefficient (Wildman–Crippen LogP) is 2.31. The molecule has 2 aromatic rings. The van der Waals surface area contributed by atoms with Gasteiger partial charge >= 0.3 is 6.03 Å². The first-order valence-corrected chi connectivity index (χ1v) is 10.5. The van der Waals surface area contributed by atoms with Crippen LogP contribution in [0.5, 0.6) is 11.5 Å². The number of methoxy groups -OCH3 is 2. The molecule has 1 spiro atoms. The molecule has 2 heterocycles. The Balaban J connectivity index is 1.59. The zero-order chi connectivity index (χ0) is 23.0. The second-order valence-electron chi connectivity index (χ2n) is 8.40. The van der Waals surface area contributed by atoms with Crippen LogP contribution >= 0.6 is 0 Å². The molecular weight excluding hydrogens is 410 g/mol. The average molecular weight is 437 g/mol. The molecule has 2 aromatic carbocycles. The third-order valence-corrected chi connectivity index (χ3v) is 6.27. The SMILES string of the molecule is COc1ccc(CCN2C(=O)NC(=O)[C@@]3(Cc4cc(C)ccc4N(C)C3)C2=O)cc1OC. The summed E-state index contributed by atoms with van der Waals surface area (Å²) >= 11 is 0. The van der Waals surface area contributed by atoms with Crippen molar-refractivity contribution < 1.29 is 23.9 Å². The maximum Gasteiger partial charge on any atom is 0.330 e. The molecule has 8 nitrogen and oxygen atoms in total. The van der Waals surface area contributed by atoms with E-state index in [4.69, 9.17) is 9.47 Å². The Morgan fingerprint density at radius 3 is 2.50 bits per heavy atom. The number of hydrogen-bond donors (Lipinski definition) is 1. The number of benzene rings is 2. The van der Waals surface area contributed by atoms with Crippen molar-refractivity contribution in [1.29, 1.82) is 0 Å². The number of rotatable bonds is 5. The molecule has 2 aliphatic rings. The van der Waals surface area contributed by atoms with Crippen molar-refractivity contribution in [2.75, 3.05) is 39.3 Å². The van der Waals surface area contributed by atoms with Crippen molar-refractivity contribution in [3.8, 4) is 11.5 Å². The highest BCUT2D eigenvalue weighted by molar-refractivity contribution is 6.20. The Hall–Kier alpha value is -3.55. The van der Waals surface area contributed by atoms with E-state index < -0.39 is 23.3 Å². The van der Waals surface area contributed by atoms with Crippen LogP contribution in [0.4, 0.5) is 10.5 Å². The van der Waals surface area contributed by atoms with Gasteiger partial charge in [-0.15, -0.1) is 0 Å². The number of ether oxygens (including phenoxy) is 2. The summed E-state index contributed by atoms with van der Waals surface area (Å²) in [4.78, 5) is 42.2. The highest BCUT2D eigenvalue weighted by Gasteiger charge is 2.56. The molecule has 32 heavy (non-hydrogen) atoms. The van der Waals surface area contributed by atoms with Gasteiger partial charge < -0.3 is 14.4 Å². The van der Waals surface area contributed by atoms with Crippen molar-refractivity contribution in [3.05, 3.63) is 53.1 Å². The van der Waals surface area contributed by atoms with Crippen LogP contribution in [0.15, 0.2) is 36.4 Å². The lowest BCUT2D eigenvalue weighted by molar-refractivity contribution is -0.151. The van der Waals surface area contributed by atoms with Gasteiger partial charge in [-0.2, -0.15) is 0 Å². The number of barbiturate groups is 1. The minimum atomic E-state index is -1.33. The Morgan fingerprint density at radius 1 is 1.03 bits per heavy atom. The lowest BCUT2D eigenvalue weighted by Crippen LogP contribution is -2.68. The number of anilines is 1. The smallest absolute Gasteiger partial charge is 0.330 e. The van der Waals surface area contributed by atoms with Gasteiger partial charge in [0.15, 0.2) is 11.5 Å². The number of hydrogen-bond acceptors (Lipinski definition) is 6. The van der Waals surface area contributed by atoms with Crippen LogP contribution in [-0.2, 0) is 22.4 Å². The van der Waals surface area contributed by atoms with Crippen LogP contribution in [0.25, 0.3) is 0 Å². The Bertz CT molecular complexity index is 1100. The first kappa shape index (κ1) is 21.7. The molecule has 1 fully saturated rings. The standard InChI is InChI=1S/C24H27N3O5/c1-15-5-7-18-17(11-15)13-24(14-26(18)2)21(28)25-23(30)27(22(24)29)10-9-16-6-8-19(31-3)20(12-16)32-4/h5-8,11-12H,9-10,13-14H2,1-4H3,(H,25,28,30)/t24-/m0/s1. The number of aryl methyl sites for hydroxylation is 1. The molecule has 4 amide bonds. The Labute approximate surface area is 187 Å². The largest absolute Gasteiger partial charge is 0.493 e. The molecule has 0 aromatic heterocycles. The van der Waals surface area contributed by atoms with Crippen molar-refractivity contribution in [1.82, 2.24) is 10.2 Å². The van der Waals surface area contributed by atoms with E-state index in [2.05, 4.69) is 5.32 Å². The Kier molecular flexibility index (Phi) is 5.54. The quantitative estimate of drug-likeness (QED) is 0.723. The molecule has 1 N–H and O–H groups in total. The van der Waals surface area contributed by atoms with Crippen molar-refractivity contribution >= 4 is 23.5 Å². The number of carbonyl (C=O) groups excluding carboxylic acids is 3. The fourth-order valence-electron chi connectivity index (χ4n) is 4.61. The van der Waals surface area contributed by atoms with E-state index in [9.17, 15) is 14.4 Å². The van der Waals surface area contributed by atoms with E-state index >= 15 is 0 Å². The maximum absolute atomic E-state index is 13.6. The van der Waals surface area contributed by atoms with Crippen LogP contribution < -0.4 is 19.7 Å². The lowest BCUT2D eigenvalue weighted by atomic mass is 9.74. The molecular formula is C24H27N3O5. The van der Waals surface area contributed by atoms with Gasteiger partial charge in [-0.05, 0) is 49.1 Å². The minimum absolute atomic E-state index is 0.152. The van der Waals surface area contributed by atoms with Gasteiger partial charge in [0.1, 0.15) is 5.41 Å². The van der Waals surface area contributed by atoms with Gasteiger partial charge in [-0.1, -0.05) is 23.8 Å². The molecule has 0 unspecified atom stereocenters. The number of carbonyl (C=O) groups is 3. The number of amides is 4. The summed E-state index contributed by atoms with van der Waals surface area (Å²) in [5, 5.41) is 2.42. The molecule has 0 saturated carbocycles. The van der Waals surface area contributed by atoms with E-state index in [0.29, 0.717) is 17.9 Å². The number of fused-ring (bicyclic) bond motifs is 1. The maximum atomic E-state index is 13.6. The molecule has 2 aliphatic heterocycles. The van der Waals surface area contributed by atoms with Gasteiger partial charge in [0, 0.05) is 25.8 Å².